The summed E-state index contributed by atoms with van der Waals surface area (Å²) >= 11 is 15.5. The molecule has 0 saturated heterocycles. The number of amides is 1. The average Bonchev–Trinajstić information content (AvgIpc) is 2.40. The lowest BCUT2D eigenvalue weighted by molar-refractivity contribution is 0.0944. The molecule has 5 heteroatoms. The van der Waals surface area contributed by atoms with Crippen molar-refractivity contribution < 1.29 is 4.79 Å². The highest BCUT2D eigenvalue weighted by atomic mass is 79.9. The van der Waals surface area contributed by atoms with Gasteiger partial charge in [0.2, 0.25) is 0 Å². The van der Waals surface area contributed by atoms with Crippen LogP contribution < -0.4 is 5.32 Å². The van der Waals surface area contributed by atoms with Crippen molar-refractivity contribution in [2.24, 2.45) is 5.92 Å². The monoisotopic (exact) mass is 363 g/mol. The van der Waals surface area contributed by atoms with Crippen molar-refractivity contribution in [2.75, 3.05) is 6.54 Å². The van der Waals surface area contributed by atoms with Gasteiger partial charge in [0.15, 0.2) is 0 Å². The zero-order valence-electron chi connectivity index (χ0n) is 10.5. The quantitative estimate of drug-likeness (QED) is 0.775. The number of hydrogen-bond acceptors (Lipinski definition) is 1. The van der Waals surface area contributed by atoms with Gasteiger partial charge in [-0.15, -0.1) is 0 Å². The first-order valence-electron chi connectivity index (χ1n) is 6.43. The van der Waals surface area contributed by atoms with Crippen molar-refractivity contribution in [1.29, 1.82) is 0 Å². The van der Waals surface area contributed by atoms with Crippen LogP contribution in [0.3, 0.4) is 0 Å². The molecule has 0 radical (unpaired) electrons. The molecule has 2 rings (SSSR count). The van der Waals surface area contributed by atoms with Crippen LogP contribution in [0.25, 0.3) is 0 Å². The fourth-order valence-electron chi connectivity index (χ4n) is 2.33. The summed E-state index contributed by atoms with van der Waals surface area (Å²) in [6, 6.07) is 4.93. The maximum absolute atomic E-state index is 12.1. The Bertz CT molecular complexity index is 459. The van der Waals surface area contributed by atoms with Gasteiger partial charge in [0.05, 0.1) is 10.6 Å². The second-order valence-electron chi connectivity index (χ2n) is 4.95. The smallest absolute Gasteiger partial charge is 0.252 e. The number of carbonyl (C=O) groups is 1. The minimum Gasteiger partial charge on any atom is -0.352 e. The number of carbonyl (C=O) groups excluding carboxylic acids is 1. The Hall–Kier alpha value is -0.250. The lowest BCUT2D eigenvalue weighted by Gasteiger charge is -2.25. The van der Waals surface area contributed by atoms with Crippen molar-refractivity contribution in [3.05, 3.63) is 33.8 Å². The molecule has 0 spiro atoms. The highest BCUT2D eigenvalue weighted by Crippen LogP contribution is 2.28. The van der Waals surface area contributed by atoms with Crippen LogP contribution in [0.4, 0.5) is 0 Å². The first-order valence-corrected chi connectivity index (χ1v) is 8.10. The van der Waals surface area contributed by atoms with E-state index in [4.69, 9.17) is 23.2 Å². The van der Waals surface area contributed by atoms with Crippen molar-refractivity contribution >= 4 is 45.0 Å². The largest absolute Gasteiger partial charge is 0.352 e. The summed E-state index contributed by atoms with van der Waals surface area (Å²) in [5, 5.41) is 3.91. The third-order valence-electron chi connectivity index (χ3n) is 3.50. The Balaban J connectivity index is 1.89. The number of rotatable bonds is 3. The van der Waals surface area contributed by atoms with Crippen LogP contribution in [0, 0.1) is 5.92 Å². The van der Waals surface area contributed by atoms with E-state index in [0.29, 0.717) is 32.9 Å². The van der Waals surface area contributed by atoms with Crippen molar-refractivity contribution in [2.45, 2.75) is 30.5 Å². The van der Waals surface area contributed by atoms with E-state index in [1.54, 1.807) is 18.2 Å². The number of halogens is 3. The summed E-state index contributed by atoms with van der Waals surface area (Å²) in [5.41, 5.74) is 0.448. The fourth-order valence-corrected chi connectivity index (χ4v) is 3.23. The van der Waals surface area contributed by atoms with Gasteiger partial charge in [-0.25, -0.2) is 0 Å². The summed E-state index contributed by atoms with van der Waals surface area (Å²) in [4.78, 5) is 12.7. The molecule has 19 heavy (non-hydrogen) atoms. The fraction of sp³-hybridized carbons (Fsp3) is 0.500. The van der Waals surface area contributed by atoms with Gasteiger partial charge >= 0.3 is 0 Å². The Labute approximate surface area is 132 Å². The molecule has 1 N–H and O–H groups in total. The third-order valence-corrected chi connectivity index (χ3v) is 4.98. The van der Waals surface area contributed by atoms with E-state index >= 15 is 0 Å². The Kier molecular flexibility index (Phi) is 5.55. The number of alkyl halides is 1. The van der Waals surface area contributed by atoms with Gasteiger partial charge in [0.1, 0.15) is 0 Å². The first-order chi connectivity index (χ1) is 9.06. The van der Waals surface area contributed by atoms with Gasteiger partial charge in [-0.05, 0) is 49.8 Å². The minimum atomic E-state index is -0.145. The van der Waals surface area contributed by atoms with Gasteiger partial charge in [-0.1, -0.05) is 39.1 Å². The predicted molar refractivity (Wildman–Crippen MR) is 83.5 cm³/mol. The van der Waals surface area contributed by atoms with Gasteiger partial charge in [-0.2, -0.15) is 0 Å². The van der Waals surface area contributed by atoms with E-state index in [1.807, 2.05) is 0 Å². The SMILES string of the molecule is O=C(NCC1CCC(Br)CC1)c1cc(Cl)ccc1Cl. The minimum absolute atomic E-state index is 0.145. The molecule has 2 nitrogen and oxygen atoms in total. The third kappa shape index (κ3) is 4.37. The van der Waals surface area contributed by atoms with Crippen LogP contribution in [0.15, 0.2) is 18.2 Å². The molecule has 1 fully saturated rings. The molecular weight excluding hydrogens is 349 g/mol. The Morgan fingerprint density at radius 3 is 2.63 bits per heavy atom. The molecular formula is C14H16BrCl2NO. The summed E-state index contributed by atoms with van der Waals surface area (Å²) in [7, 11) is 0. The van der Waals surface area contributed by atoms with E-state index in [9.17, 15) is 4.79 Å². The van der Waals surface area contributed by atoms with E-state index in [0.717, 1.165) is 12.8 Å². The van der Waals surface area contributed by atoms with Crippen molar-refractivity contribution in [1.82, 2.24) is 5.32 Å². The molecule has 1 aromatic rings. The van der Waals surface area contributed by atoms with Crippen LogP contribution in [0.2, 0.25) is 10.0 Å². The molecule has 0 atom stereocenters. The number of benzene rings is 1. The zero-order valence-corrected chi connectivity index (χ0v) is 13.6. The van der Waals surface area contributed by atoms with Crippen LogP contribution >= 0.6 is 39.1 Å². The average molecular weight is 365 g/mol. The normalized spacial score (nSPS) is 23.1. The lowest BCUT2D eigenvalue weighted by atomic mass is 9.89. The second-order valence-corrected chi connectivity index (χ2v) is 7.09. The topological polar surface area (TPSA) is 29.1 Å². The van der Waals surface area contributed by atoms with E-state index in [-0.39, 0.29) is 5.91 Å². The molecule has 0 aromatic heterocycles. The van der Waals surface area contributed by atoms with Gasteiger partial charge < -0.3 is 5.32 Å². The first kappa shape index (κ1) is 15.1. The van der Waals surface area contributed by atoms with Crippen LogP contribution in [0.5, 0.6) is 0 Å². The lowest BCUT2D eigenvalue weighted by Crippen LogP contribution is -2.31. The highest BCUT2D eigenvalue weighted by Gasteiger charge is 2.20. The summed E-state index contributed by atoms with van der Waals surface area (Å²) in [5.74, 6) is 0.421. The number of hydrogen-bond donors (Lipinski definition) is 1. The Morgan fingerprint density at radius 1 is 1.26 bits per heavy atom. The summed E-state index contributed by atoms with van der Waals surface area (Å²) in [6.45, 7) is 0.710. The van der Waals surface area contributed by atoms with Crippen LogP contribution in [0.1, 0.15) is 36.0 Å². The van der Waals surface area contributed by atoms with E-state index < -0.39 is 0 Å². The van der Waals surface area contributed by atoms with Gasteiger partial charge in [0, 0.05) is 16.4 Å². The molecule has 104 valence electrons. The zero-order chi connectivity index (χ0) is 13.8. The predicted octanol–water partition coefficient (Wildman–Crippen LogP) is 4.68. The summed E-state index contributed by atoms with van der Waals surface area (Å²) < 4.78 is 0. The van der Waals surface area contributed by atoms with Crippen molar-refractivity contribution in [3.8, 4) is 0 Å². The maximum atomic E-state index is 12.1. The Morgan fingerprint density at radius 2 is 1.95 bits per heavy atom. The van der Waals surface area contributed by atoms with Crippen LogP contribution in [-0.4, -0.2) is 17.3 Å². The molecule has 0 bridgehead atoms. The van der Waals surface area contributed by atoms with Gasteiger partial charge in [0.25, 0.3) is 5.91 Å². The van der Waals surface area contributed by atoms with Gasteiger partial charge in [-0.3, -0.25) is 4.79 Å². The van der Waals surface area contributed by atoms with Crippen LogP contribution in [-0.2, 0) is 0 Å². The second kappa shape index (κ2) is 6.96. The maximum Gasteiger partial charge on any atom is 0.252 e. The number of nitrogens with one attached hydrogen (secondary N) is 1. The molecule has 1 aliphatic carbocycles. The standard InChI is InChI=1S/C14H16BrCl2NO/c15-10-3-1-9(2-4-10)8-18-14(19)12-7-11(16)5-6-13(12)17/h5-7,9-10H,1-4,8H2,(H,18,19). The molecule has 1 aliphatic rings. The van der Waals surface area contributed by atoms with E-state index in [1.165, 1.54) is 12.8 Å². The van der Waals surface area contributed by atoms with E-state index in [2.05, 4.69) is 21.2 Å². The molecule has 1 amide bonds. The molecule has 1 saturated carbocycles. The highest BCUT2D eigenvalue weighted by molar-refractivity contribution is 9.09. The molecule has 0 heterocycles. The molecule has 0 aliphatic heterocycles. The van der Waals surface area contributed by atoms with Crippen molar-refractivity contribution in [3.63, 3.8) is 0 Å². The summed E-state index contributed by atoms with van der Waals surface area (Å²) in [6.07, 6.45) is 4.66. The molecule has 0 unspecified atom stereocenters. The molecule has 1 aromatic carbocycles.